The third-order valence-electron chi connectivity index (χ3n) is 3.92. The van der Waals surface area contributed by atoms with Crippen molar-refractivity contribution in [2.75, 3.05) is 26.2 Å². The predicted octanol–water partition coefficient (Wildman–Crippen LogP) is 1.01. The van der Waals surface area contributed by atoms with Gasteiger partial charge in [0.05, 0.1) is 25.2 Å². The molecule has 0 aliphatic carbocycles. The van der Waals surface area contributed by atoms with Gasteiger partial charge in [-0.1, -0.05) is 0 Å². The Balaban J connectivity index is 1.57. The summed E-state index contributed by atoms with van der Waals surface area (Å²) in [6, 6.07) is 0. The Bertz CT molecular complexity index is 427. The molecule has 1 aromatic heterocycles. The fourth-order valence-corrected chi connectivity index (χ4v) is 3.48. The maximum Gasteiger partial charge on any atom is 0.222 e. The number of nitrogens with one attached hydrogen (secondary N) is 1. The van der Waals surface area contributed by atoms with Crippen LogP contribution in [0, 0.1) is 0 Å². The minimum absolute atomic E-state index is 0.130. The second kappa shape index (κ2) is 5.56. The van der Waals surface area contributed by atoms with E-state index in [-0.39, 0.29) is 11.5 Å². The zero-order valence-corrected chi connectivity index (χ0v) is 11.7. The van der Waals surface area contributed by atoms with Crippen LogP contribution in [-0.2, 0) is 16.1 Å². The minimum Gasteiger partial charge on any atom is -0.373 e. The molecule has 1 aromatic rings. The van der Waals surface area contributed by atoms with Crippen molar-refractivity contribution >= 4 is 17.2 Å². The molecule has 2 saturated heterocycles. The quantitative estimate of drug-likeness (QED) is 0.879. The van der Waals surface area contributed by atoms with Crippen LogP contribution in [-0.4, -0.2) is 47.6 Å². The zero-order valence-electron chi connectivity index (χ0n) is 10.9. The molecule has 0 saturated carbocycles. The average Bonchev–Trinajstić information content (AvgIpc) is 2.84. The molecular weight excluding hydrogens is 262 g/mol. The summed E-state index contributed by atoms with van der Waals surface area (Å²) in [5, 5.41) is 6.05. The van der Waals surface area contributed by atoms with Crippen LogP contribution in [0.5, 0.6) is 0 Å². The number of carbonyl (C=O) groups excluding carboxylic acids is 1. The number of ether oxygens (including phenoxy) is 1. The molecule has 2 aliphatic heterocycles. The zero-order chi connectivity index (χ0) is 13.1. The number of hydrogen-bond donors (Lipinski definition) is 1. The number of thiazole rings is 1. The summed E-state index contributed by atoms with van der Waals surface area (Å²) in [6.07, 6.45) is 4.24. The first kappa shape index (κ1) is 13.0. The molecule has 2 aliphatic rings. The van der Waals surface area contributed by atoms with Crippen molar-refractivity contribution in [1.29, 1.82) is 0 Å². The van der Waals surface area contributed by atoms with Gasteiger partial charge in [-0.15, -0.1) is 11.3 Å². The molecule has 1 N–H and O–H groups in total. The highest BCUT2D eigenvalue weighted by molar-refractivity contribution is 7.09. The van der Waals surface area contributed by atoms with E-state index in [0.717, 1.165) is 37.5 Å². The smallest absolute Gasteiger partial charge is 0.222 e. The Labute approximate surface area is 117 Å². The van der Waals surface area contributed by atoms with Crippen LogP contribution in [0.15, 0.2) is 11.6 Å². The highest BCUT2D eigenvalue weighted by Gasteiger charge is 2.38. The van der Waals surface area contributed by atoms with Crippen LogP contribution in [0.1, 0.15) is 24.3 Å². The fourth-order valence-electron chi connectivity index (χ4n) is 2.83. The van der Waals surface area contributed by atoms with Crippen molar-refractivity contribution in [3.63, 3.8) is 0 Å². The topological polar surface area (TPSA) is 54.5 Å². The van der Waals surface area contributed by atoms with Crippen molar-refractivity contribution in [2.24, 2.45) is 0 Å². The van der Waals surface area contributed by atoms with E-state index in [9.17, 15) is 4.79 Å². The van der Waals surface area contributed by atoms with E-state index < -0.39 is 0 Å². The number of piperidine rings is 1. The van der Waals surface area contributed by atoms with Crippen LogP contribution in [0.3, 0.4) is 0 Å². The number of hydrogen-bond acceptors (Lipinski definition) is 5. The molecule has 5 nitrogen and oxygen atoms in total. The van der Waals surface area contributed by atoms with Crippen LogP contribution >= 0.6 is 11.3 Å². The molecule has 0 radical (unpaired) electrons. The Hall–Kier alpha value is -0.980. The van der Waals surface area contributed by atoms with Gasteiger partial charge in [0.1, 0.15) is 5.01 Å². The van der Waals surface area contributed by atoms with Gasteiger partial charge < -0.3 is 10.1 Å². The maximum absolute atomic E-state index is 11.7. The first-order valence-electron chi connectivity index (χ1n) is 6.77. The summed E-state index contributed by atoms with van der Waals surface area (Å²) in [6.45, 7) is 4.15. The van der Waals surface area contributed by atoms with Gasteiger partial charge in [0, 0.05) is 31.2 Å². The molecule has 104 valence electrons. The average molecular weight is 281 g/mol. The fraction of sp³-hybridized carbons (Fsp3) is 0.692. The van der Waals surface area contributed by atoms with Gasteiger partial charge in [-0.25, -0.2) is 4.98 Å². The maximum atomic E-state index is 11.7. The number of carbonyl (C=O) groups is 1. The molecule has 19 heavy (non-hydrogen) atoms. The van der Waals surface area contributed by atoms with Gasteiger partial charge in [-0.3, -0.25) is 9.69 Å². The molecule has 0 bridgehead atoms. The SMILES string of the molecule is O=C1CC2(CCN(Cc3nccs3)CC2)OCCN1. The lowest BCUT2D eigenvalue weighted by Gasteiger charge is -2.40. The number of amides is 1. The van der Waals surface area contributed by atoms with Gasteiger partial charge in [-0.2, -0.15) is 0 Å². The van der Waals surface area contributed by atoms with Gasteiger partial charge >= 0.3 is 0 Å². The van der Waals surface area contributed by atoms with Gasteiger partial charge in [0.2, 0.25) is 5.91 Å². The normalized spacial score (nSPS) is 24.1. The van der Waals surface area contributed by atoms with Gasteiger partial charge in [0.25, 0.3) is 0 Å². The molecule has 0 aromatic carbocycles. The summed E-state index contributed by atoms with van der Waals surface area (Å²) in [5.41, 5.74) is -0.222. The third kappa shape index (κ3) is 3.13. The summed E-state index contributed by atoms with van der Waals surface area (Å²) in [5.74, 6) is 0.130. The monoisotopic (exact) mass is 281 g/mol. The summed E-state index contributed by atoms with van der Waals surface area (Å²) >= 11 is 1.70. The number of rotatable bonds is 2. The molecule has 6 heteroatoms. The molecule has 1 amide bonds. The van der Waals surface area contributed by atoms with E-state index in [0.29, 0.717) is 19.6 Å². The van der Waals surface area contributed by atoms with E-state index in [2.05, 4.69) is 15.2 Å². The summed E-state index contributed by atoms with van der Waals surface area (Å²) in [4.78, 5) is 18.4. The van der Waals surface area contributed by atoms with Crippen molar-refractivity contribution in [3.8, 4) is 0 Å². The van der Waals surface area contributed by atoms with Gasteiger partial charge in [0.15, 0.2) is 0 Å². The first-order valence-corrected chi connectivity index (χ1v) is 7.65. The lowest BCUT2D eigenvalue weighted by molar-refractivity contribution is -0.128. The molecule has 0 atom stereocenters. The van der Waals surface area contributed by atoms with E-state index in [1.165, 1.54) is 0 Å². The van der Waals surface area contributed by atoms with Crippen molar-refractivity contribution in [2.45, 2.75) is 31.4 Å². The van der Waals surface area contributed by atoms with E-state index in [1.807, 2.05) is 11.6 Å². The Morgan fingerprint density at radius 3 is 3.05 bits per heavy atom. The van der Waals surface area contributed by atoms with Crippen LogP contribution < -0.4 is 5.32 Å². The highest BCUT2D eigenvalue weighted by Crippen LogP contribution is 2.31. The van der Waals surface area contributed by atoms with Crippen LogP contribution in [0.2, 0.25) is 0 Å². The van der Waals surface area contributed by atoms with Crippen LogP contribution in [0.4, 0.5) is 0 Å². The Morgan fingerprint density at radius 2 is 2.32 bits per heavy atom. The van der Waals surface area contributed by atoms with E-state index in [1.54, 1.807) is 11.3 Å². The third-order valence-corrected chi connectivity index (χ3v) is 4.69. The first-order chi connectivity index (χ1) is 9.26. The minimum atomic E-state index is -0.222. The Kier molecular flexibility index (Phi) is 3.81. The molecular formula is C13H19N3O2S. The lowest BCUT2D eigenvalue weighted by atomic mass is 9.87. The predicted molar refractivity (Wildman–Crippen MR) is 72.9 cm³/mol. The summed E-state index contributed by atoms with van der Waals surface area (Å²) in [7, 11) is 0. The van der Waals surface area contributed by atoms with Crippen molar-refractivity contribution in [1.82, 2.24) is 15.2 Å². The number of nitrogens with zero attached hydrogens (tertiary/aromatic N) is 2. The molecule has 3 heterocycles. The molecule has 0 unspecified atom stereocenters. The second-order valence-corrected chi connectivity index (χ2v) is 6.24. The second-order valence-electron chi connectivity index (χ2n) is 5.26. The molecule has 2 fully saturated rings. The molecule has 1 spiro atoms. The van der Waals surface area contributed by atoms with Crippen LogP contribution in [0.25, 0.3) is 0 Å². The van der Waals surface area contributed by atoms with E-state index in [4.69, 9.17) is 4.74 Å². The number of likely N-dealkylation sites (tertiary alicyclic amines) is 1. The lowest BCUT2D eigenvalue weighted by Crippen LogP contribution is -2.46. The Morgan fingerprint density at radius 1 is 1.47 bits per heavy atom. The van der Waals surface area contributed by atoms with Crippen molar-refractivity contribution in [3.05, 3.63) is 16.6 Å². The highest BCUT2D eigenvalue weighted by atomic mass is 32.1. The largest absolute Gasteiger partial charge is 0.373 e. The standard InChI is InChI=1S/C13H19N3O2S/c17-11-9-13(18-7-3-14-11)1-5-16(6-2-13)10-12-15-4-8-19-12/h4,8H,1-3,5-7,9-10H2,(H,14,17). The summed E-state index contributed by atoms with van der Waals surface area (Å²) < 4.78 is 5.96. The van der Waals surface area contributed by atoms with E-state index >= 15 is 0 Å². The molecule has 3 rings (SSSR count). The van der Waals surface area contributed by atoms with Gasteiger partial charge in [-0.05, 0) is 12.8 Å². The number of aromatic nitrogens is 1. The van der Waals surface area contributed by atoms with Crippen molar-refractivity contribution < 1.29 is 9.53 Å².